The summed E-state index contributed by atoms with van der Waals surface area (Å²) in [6.45, 7) is 4.79. The molecule has 3 unspecified atom stereocenters. The molecule has 2 rings (SSSR count). The molecule has 0 radical (unpaired) electrons. The molecule has 4 heteroatoms. The molecule has 0 aliphatic heterocycles. The Labute approximate surface area is 129 Å². The molecule has 1 saturated carbocycles. The summed E-state index contributed by atoms with van der Waals surface area (Å²) in [6.07, 6.45) is 2.95. The Morgan fingerprint density at radius 2 is 1.95 bits per heavy atom. The van der Waals surface area contributed by atoms with E-state index in [2.05, 4.69) is 42.6 Å². The van der Waals surface area contributed by atoms with E-state index in [1.165, 1.54) is 12.0 Å². The molecular formula is C17H27NO2S. The summed E-state index contributed by atoms with van der Waals surface area (Å²) < 4.78 is 23.2. The van der Waals surface area contributed by atoms with Crippen molar-refractivity contribution in [3.05, 3.63) is 35.9 Å². The lowest BCUT2D eigenvalue weighted by Crippen LogP contribution is -2.32. The first kappa shape index (κ1) is 16.5. The van der Waals surface area contributed by atoms with Crippen LogP contribution in [-0.4, -0.2) is 32.5 Å². The van der Waals surface area contributed by atoms with Crippen molar-refractivity contribution >= 4 is 9.84 Å². The Morgan fingerprint density at radius 3 is 2.57 bits per heavy atom. The monoisotopic (exact) mass is 309 g/mol. The highest BCUT2D eigenvalue weighted by Gasteiger charge is 2.43. The zero-order valence-corrected chi connectivity index (χ0v) is 13.9. The quantitative estimate of drug-likeness (QED) is 0.763. The zero-order valence-electron chi connectivity index (χ0n) is 13.1. The van der Waals surface area contributed by atoms with Gasteiger partial charge < -0.3 is 5.32 Å². The van der Waals surface area contributed by atoms with Crippen LogP contribution in [0.25, 0.3) is 0 Å². The Hall–Kier alpha value is -0.870. The predicted molar refractivity (Wildman–Crippen MR) is 88.3 cm³/mol. The van der Waals surface area contributed by atoms with Crippen molar-refractivity contribution in [2.75, 3.05) is 18.1 Å². The highest BCUT2D eigenvalue weighted by atomic mass is 32.2. The van der Waals surface area contributed by atoms with Crippen LogP contribution in [0.5, 0.6) is 0 Å². The van der Waals surface area contributed by atoms with Gasteiger partial charge in [0.15, 0.2) is 0 Å². The molecule has 1 aromatic rings. The van der Waals surface area contributed by atoms with Gasteiger partial charge >= 0.3 is 0 Å². The van der Waals surface area contributed by atoms with E-state index in [0.717, 1.165) is 19.4 Å². The average Bonchev–Trinajstić information content (AvgIpc) is 3.28. The summed E-state index contributed by atoms with van der Waals surface area (Å²) >= 11 is 0. The molecule has 1 fully saturated rings. The molecule has 1 N–H and O–H groups in total. The van der Waals surface area contributed by atoms with E-state index in [0.29, 0.717) is 23.6 Å². The molecule has 1 aliphatic carbocycles. The van der Waals surface area contributed by atoms with Gasteiger partial charge in [-0.1, -0.05) is 44.2 Å². The first-order valence-electron chi connectivity index (χ1n) is 8.06. The number of rotatable bonds is 9. The molecule has 0 aromatic heterocycles. The average molecular weight is 309 g/mol. The first-order valence-corrected chi connectivity index (χ1v) is 9.88. The van der Waals surface area contributed by atoms with Crippen LogP contribution in [0.4, 0.5) is 0 Å². The largest absolute Gasteiger partial charge is 0.314 e. The molecule has 3 atom stereocenters. The minimum absolute atomic E-state index is 0.259. The lowest BCUT2D eigenvalue weighted by Gasteiger charge is -2.18. The third-order valence-corrected chi connectivity index (χ3v) is 6.25. The van der Waals surface area contributed by atoms with Gasteiger partial charge in [0.05, 0.1) is 5.75 Å². The van der Waals surface area contributed by atoms with Gasteiger partial charge in [0.1, 0.15) is 9.84 Å². The van der Waals surface area contributed by atoms with Gasteiger partial charge in [-0.05, 0) is 43.2 Å². The van der Waals surface area contributed by atoms with E-state index in [1.54, 1.807) is 6.92 Å². The van der Waals surface area contributed by atoms with Crippen molar-refractivity contribution in [2.24, 2.45) is 5.92 Å². The lowest BCUT2D eigenvalue weighted by molar-refractivity contribution is 0.434. The minimum Gasteiger partial charge on any atom is -0.314 e. The van der Waals surface area contributed by atoms with E-state index >= 15 is 0 Å². The summed E-state index contributed by atoms with van der Waals surface area (Å²) in [5, 5.41) is 3.55. The standard InChI is InChI=1S/C17H27NO2S/c1-3-18-17(11-8-12-21(19,20)4-2)16-13-15(16)14-9-6-5-7-10-14/h5-7,9-10,15-18H,3-4,8,11-13H2,1-2H3. The SMILES string of the molecule is CCNC(CCCS(=O)(=O)CC)C1CC1c1ccccc1. The Kier molecular flexibility index (Phi) is 5.82. The van der Waals surface area contributed by atoms with Gasteiger partial charge in [-0.25, -0.2) is 8.42 Å². The van der Waals surface area contributed by atoms with Crippen molar-refractivity contribution in [1.29, 1.82) is 0 Å². The summed E-state index contributed by atoms with van der Waals surface area (Å²) in [6, 6.07) is 11.1. The molecular weight excluding hydrogens is 282 g/mol. The van der Waals surface area contributed by atoms with Crippen molar-refractivity contribution in [3.63, 3.8) is 0 Å². The van der Waals surface area contributed by atoms with E-state index in [9.17, 15) is 8.42 Å². The van der Waals surface area contributed by atoms with Crippen LogP contribution in [0.3, 0.4) is 0 Å². The molecule has 1 aromatic carbocycles. The number of nitrogens with one attached hydrogen (secondary N) is 1. The van der Waals surface area contributed by atoms with E-state index < -0.39 is 9.84 Å². The molecule has 0 bridgehead atoms. The maximum Gasteiger partial charge on any atom is 0.150 e. The van der Waals surface area contributed by atoms with Gasteiger partial charge in [0, 0.05) is 11.8 Å². The molecule has 0 heterocycles. The zero-order chi connectivity index (χ0) is 15.3. The smallest absolute Gasteiger partial charge is 0.150 e. The third kappa shape index (κ3) is 4.82. The molecule has 0 amide bonds. The fourth-order valence-electron chi connectivity index (χ4n) is 3.14. The van der Waals surface area contributed by atoms with Gasteiger partial charge in [-0.3, -0.25) is 0 Å². The number of hydrogen-bond acceptors (Lipinski definition) is 3. The van der Waals surface area contributed by atoms with Crippen LogP contribution >= 0.6 is 0 Å². The molecule has 0 saturated heterocycles. The van der Waals surface area contributed by atoms with Crippen molar-refractivity contribution in [3.8, 4) is 0 Å². The van der Waals surface area contributed by atoms with E-state index in [-0.39, 0.29) is 5.75 Å². The van der Waals surface area contributed by atoms with Gasteiger partial charge in [-0.2, -0.15) is 0 Å². The van der Waals surface area contributed by atoms with Gasteiger partial charge in [0.25, 0.3) is 0 Å². The predicted octanol–water partition coefficient (Wildman–Crippen LogP) is 2.98. The van der Waals surface area contributed by atoms with Gasteiger partial charge in [-0.15, -0.1) is 0 Å². The Morgan fingerprint density at radius 1 is 1.24 bits per heavy atom. The van der Waals surface area contributed by atoms with E-state index in [1.807, 2.05) is 0 Å². The van der Waals surface area contributed by atoms with Crippen LogP contribution in [0, 0.1) is 5.92 Å². The summed E-state index contributed by atoms with van der Waals surface area (Å²) in [4.78, 5) is 0. The Balaban J connectivity index is 1.86. The number of sulfone groups is 1. The minimum atomic E-state index is -2.83. The normalized spacial score (nSPS) is 23.0. The van der Waals surface area contributed by atoms with Crippen LogP contribution in [0.15, 0.2) is 30.3 Å². The number of hydrogen-bond donors (Lipinski definition) is 1. The highest BCUT2D eigenvalue weighted by molar-refractivity contribution is 7.91. The highest BCUT2D eigenvalue weighted by Crippen LogP contribution is 2.50. The van der Waals surface area contributed by atoms with Crippen molar-refractivity contribution in [2.45, 2.75) is 45.1 Å². The topological polar surface area (TPSA) is 46.2 Å². The second kappa shape index (κ2) is 7.41. The summed E-state index contributed by atoms with van der Waals surface area (Å²) in [5.41, 5.74) is 1.42. The molecule has 118 valence electrons. The summed E-state index contributed by atoms with van der Waals surface area (Å²) in [7, 11) is -2.83. The molecule has 3 nitrogen and oxygen atoms in total. The fourth-order valence-corrected chi connectivity index (χ4v) is 4.04. The van der Waals surface area contributed by atoms with Crippen molar-refractivity contribution in [1.82, 2.24) is 5.32 Å². The van der Waals surface area contributed by atoms with Gasteiger partial charge in [0.2, 0.25) is 0 Å². The van der Waals surface area contributed by atoms with Crippen LogP contribution in [-0.2, 0) is 9.84 Å². The molecule has 1 aliphatic rings. The Bertz CT molecular complexity index is 527. The van der Waals surface area contributed by atoms with Crippen molar-refractivity contribution < 1.29 is 8.42 Å². The lowest BCUT2D eigenvalue weighted by atomic mass is 10.0. The van der Waals surface area contributed by atoms with Crippen LogP contribution in [0.1, 0.15) is 44.6 Å². The van der Waals surface area contributed by atoms with Crippen LogP contribution < -0.4 is 5.32 Å². The maximum absolute atomic E-state index is 11.6. The fraction of sp³-hybridized carbons (Fsp3) is 0.647. The molecule has 21 heavy (non-hydrogen) atoms. The van der Waals surface area contributed by atoms with Crippen LogP contribution in [0.2, 0.25) is 0 Å². The first-order chi connectivity index (χ1) is 10.1. The maximum atomic E-state index is 11.6. The molecule has 0 spiro atoms. The third-order valence-electron chi connectivity index (χ3n) is 4.46. The number of benzene rings is 1. The van der Waals surface area contributed by atoms with E-state index in [4.69, 9.17) is 0 Å². The summed E-state index contributed by atoms with van der Waals surface area (Å²) in [5.74, 6) is 1.90. The second-order valence-corrected chi connectivity index (χ2v) is 8.43. The second-order valence-electron chi connectivity index (χ2n) is 5.96.